The van der Waals surface area contributed by atoms with Crippen molar-refractivity contribution in [3.63, 3.8) is 0 Å². The summed E-state index contributed by atoms with van der Waals surface area (Å²) in [6, 6.07) is 0.269. The SMILES string of the molecule is Cc1c(C(=O)N2C[C@@H]3C=C[C@@H]2C3)sc2ncnc(NCCN(C)C)c12. The van der Waals surface area contributed by atoms with Crippen LogP contribution >= 0.6 is 11.3 Å². The summed E-state index contributed by atoms with van der Waals surface area (Å²) in [7, 11) is 4.09. The maximum absolute atomic E-state index is 13.1. The lowest BCUT2D eigenvalue weighted by Gasteiger charge is -2.23. The van der Waals surface area contributed by atoms with Crippen LogP contribution in [0.5, 0.6) is 0 Å². The first kappa shape index (κ1) is 16.5. The van der Waals surface area contributed by atoms with E-state index in [0.29, 0.717) is 5.92 Å². The van der Waals surface area contributed by atoms with Crippen LogP contribution < -0.4 is 5.32 Å². The predicted molar refractivity (Wildman–Crippen MR) is 101 cm³/mol. The lowest BCUT2D eigenvalue weighted by Crippen LogP contribution is -2.35. The van der Waals surface area contributed by atoms with Gasteiger partial charge in [-0.15, -0.1) is 11.3 Å². The molecule has 1 aliphatic carbocycles. The molecule has 132 valence electrons. The van der Waals surface area contributed by atoms with Gasteiger partial charge >= 0.3 is 0 Å². The molecule has 1 saturated heterocycles. The number of carbonyl (C=O) groups is 1. The van der Waals surface area contributed by atoms with E-state index in [1.165, 1.54) is 11.3 Å². The van der Waals surface area contributed by atoms with Crippen LogP contribution in [-0.2, 0) is 0 Å². The van der Waals surface area contributed by atoms with Crippen LogP contribution in [0, 0.1) is 12.8 Å². The number of hydrogen-bond acceptors (Lipinski definition) is 6. The Bertz CT molecular complexity index is 843. The smallest absolute Gasteiger partial charge is 0.264 e. The lowest BCUT2D eigenvalue weighted by atomic mass is 10.1. The first-order chi connectivity index (χ1) is 12.0. The molecule has 0 spiro atoms. The summed E-state index contributed by atoms with van der Waals surface area (Å²) >= 11 is 1.48. The van der Waals surface area contributed by atoms with Crippen LogP contribution in [-0.4, -0.2) is 65.4 Å². The van der Waals surface area contributed by atoms with Crippen molar-refractivity contribution in [1.29, 1.82) is 0 Å². The molecule has 0 radical (unpaired) electrons. The van der Waals surface area contributed by atoms with Gasteiger partial charge in [-0.05, 0) is 38.9 Å². The second kappa shape index (κ2) is 6.38. The number of aryl methyl sites for hydroxylation is 1. The summed E-state index contributed by atoms with van der Waals surface area (Å²) in [5.74, 6) is 1.49. The van der Waals surface area contributed by atoms with Crippen LogP contribution in [0.2, 0.25) is 0 Å². The Morgan fingerprint density at radius 3 is 2.92 bits per heavy atom. The van der Waals surface area contributed by atoms with Crippen LogP contribution in [0.4, 0.5) is 5.82 Å². The highest BCUT2D eigenvalue weighted by molar-refractivity contribution is 7.20. The van der Waals surface area contributed by atoms with Crippen LogP contribution in [0.25, 0.3) is 10.2 Å². The normalized spacial score (nSPS) is 21.7. The molecule has 2 aliphatic rings. The van der Waals surface area contributed by atoms with Gasteiger partial charge in [0.05, 0.1) is 16.3 Å². The number of nitrogens with zero attached hydrogens (tertiary/aromatic N) is 4. The highest BCUT2D eigenvalue weighted by Crippen LogP contribution is 2.37. The molecule has 4 rings (SSSR count). The van der Waals surface area contributed by atoms with Gasteiger partial charge in [0, 0.05) is 19.6 Å². The molecule has 2 bridgehead atoms. The molecule has 0 saturated carbocycles. The lowest BCUT2D eigenvalue weighted by molar-refractivity contribution is 0.0758. The molecule has 0 aromatic carbocycles. The van der Waals surface area contributed by atoms with Crippen molar-refractivity contribution in [1.82, 2.24) is 19.8 Å². The van der Waals surface area contributed by atoms with Crippen LogP contribution in [0.1, 0.15) is 21.7 Å². The van der Waals surface area contributed by atoms with Gasteiger partial charge in [-0.1, -0.05) is 12.2 Å². The van der Waals surface area contributed by atoms with Crippen molar-refractivity contribution in [2.75, 3.05) is 39.0 Å². The van der Waals surface area contributed by atoms with Crippen molar-refractivity contribution in [2.24, 2.45) is 5.92 Å². The van der Waals surface area contributed by atoms with Crippen molar-refractivity contribution in [2.45, 2.75) is 19.4 Å². The number of fused-ring (bicyclic) bond motifs is 3. The zero-order valence-corrected chi connectivity index (χ0v) is 15.6. The largest absolute Gasteiger partial charge is 0.368 e. The second-order valence-electron chi connectivity index (χ2n) is 7.09. The fourth-order valence-electron chi connectivity index (χ4n) is 3.68. The number of nitrogens with one attached hydrogen (secondary N) is 1. The monoisotopic (exact) mass is 357 g/mol. The third-order valence-electron chi connectivity index (χ3n) is 5.01. The maximum Gasteiger partial charge on any atom is 0.264 e. The van der Waals surface area contributed by atoms with E-state index in [-0.39, 0.29) is 11.9 Å². The van der Waals surface area contributed by atoms with E-state index in [0.717, 1.165) is 52.5 Å². The molecule has 3 heterocycles. The molecule has 1 fully saturated rings. The molecule has 2 atom stereocenters. The fraction of sp³-hybridized carbons (Fsp3) is 0.500. The Morgan fingerprint density at radius 1 is 1.40 bits per heavy atom. The Morgan fingerprint density at radius 2 is 2.24 bits per heavy atom. The topological polar surface area (TPSA) is 61.4 Å². The molecule has 25 heavy (non-hydrogen) atoms. The molecular formula is C18H23N5OS. The Kier molecular flexibility index (Phi) is 4.21. The molecule has 0 unspecified atom stereocenters. The minimum absolute atomic E-state index is 0.136. The van der Waals surface area contributed by atoms with E-state index in [2.05, 4.69) is 32.3 Å². The van der Waals surface area contributed by atoms with E-state index in [1.54, 1.807) is 6.33 Å². The van der Waals surface area contributed by atoms with Crippen molar-refractivity contribution in [3.05, 3.63) is 28.9 Å². The number of carbonyl (C=O) groups excluding carboxylic acids is 1. The number of aromatic nitrogens is 2. The van der Waals surface area contributed by atoms with E-state index >= 15 is 0 Å². The highest BCUT2D eigenvalue weighted by atomic mass is 32.1. The van der Waals surface area contributed by atoms with Gasteiger partial charge in [0.1, 0.15) is 17.0 Å². The van der Waals surface area contributed by atoms with Crippen molar-refractivity contribution < 1.29 is 4.79 Å². The third-order valence-corrected chi connectivity index (χ3v) is 6.20. The first-order valence-electron chi connectivity index (χ1n) is 8.66. The number of anilines is 1. The highest BCUT2D eigenvalue weighted by Gasteiger charge is 2.38. The number of hydrogen-bond donors (Lipinski definition) is 1. The summed E-state index contributed by atoms with van der Waals surface area (Å²) in [5.41, 5.74) is 0.990. The van der Waals surface area contributed by atoms with Gasteiger partial charge in [0.25, 0.3) is 5.91 Å². The zero-order valence-electron chi connectivity index (χ0n) is 14.8. The number of amides is 1. The van der Waals surface area contributed by atoms with E-state index in [1.807, 2.05) is 25.9 Å². The maximum atomic E-state index is 13.1. The number of likely N-dealkylation sites (N-methyl/N-ethyl adjacent to an activating group) is 1. The quantitative estimate of drug-likeness (QED) is 0.833. The number of thiophene rings is 1. The van der Waals surface area contributed by atoms with E-state index in [9.17, 15) is 4.79 Å². The van der Waals surface area contributed by atoms with Gasteiger partial charge in [-0.25, -0.2) is 9.97 Å². The Balaban J connectivity index is 1.63. The molecular weight excluding hydrogens is 334 g/mol. The first-order valence-corrected chi connectivity index (χ1v) is 9.48. The summed E-state index contributed by atoms with van der Waals surface area (Å²) in [4.78, 5) is 27.7. The molecule has 1 amide bonds. The number of likely N-dealkylation sites (tertiary alicyclic amines) is 1. The Hall–Kier alpha value is -1.99. The third kappa shape index (κ3) is 2.91. The van der Waals surface area contributed by atoms with Crippen molar-refractivity contribution >= 4 is 33.3 Å². The number of rotatable bonds is 5. The van der Waals surface area contributed by atoms with Crippen LogP contribution in [0.15, 0.2) is 18.5 Å². The second-order valence-corrected chi connectivity index (χ2v) is 8.09. The van der Waals surface area contributed by atoms with E-state index < -0.39 is 0 Å². The summed E-state index contributed by atoms with van der Waals surface area (Å²) in [6.07, 6.45) is 7.06. The van der Waals surface area contributed by atoms with Gasteiger partial charge in [0.15, 0.2) is 0 Å². The average molecular weight is 357 g/mol. The minimum Gasteiger partial charge on any atom is -0.368 e. The minimum atomic E-state index is 0.136. The standard InChI is InChI=1S/C18H23N5OS/c1-11-14-16(19-6-7-22(2)3)20-10-21-17(14)25-15(11)18(24)23-9-12-4-5-13(23)8-12/h4-5,10,12-13H,6-9H2,1-3H3,(H,19,20,21)/t12-,13-/m1/s1. The molecule has 7 heteroatoms. The molecule has 2 aromatic rings. The fourth-order valence-corrected chi connectivity index (χ4v) is 4.78. The van der Waals surface area contributed by atoms with Crippen molar-refractivity contribution in [3.8, 4) is 0 Å². The Labute approximate surface area is 151 Å². The van der Waals surface area contributed by atoms with Gasteiger partial charge in [0.2, 0.25) is 0 Å². The van der Waals surface area contributed by atoms with Gasteiger partial charge in [-0.3, -0.25) is 4.79 Å². The molecule has 2 aromatic heterocycles. The van der Waals surface area contributed by atoms with Gasteiger partial charge < -0.3 is 15.1 Å². The zero-order chi connectivity index (χ0) is 17.6. The summed E-state index contributed by atoms with van der Waals surface area (Å²) in [5, 5.41) is 4.37. The summed E-state index contributed by atoms with van der Waals surface area (Å²) < 4.78 is 0. The molecule has 6 nitrogen and oxygen atoms in total. The molecule has 1 N–H and O–H groups in total. The van der Waals surface area contributed by atoms with Gasteiger partial charge in [-0.2, -0.15) is 0 Å². The van der Waals surface area contributed by atoms with Crippen LogP contribution in [0.3, 0.4) is 0 Å². The predicted octanol–water partition coefficient (Wildman–Crippen LogP) is 2.37. The van der Waals surface area contributed by atoms with E-state index in [4.69, 9.17) is 0 Å². The molecule has 1 aliphatic heterocycles. The average Bonchev–Trinajstić information content (AvgIpc) is 3.29. The summed E-state index contributed by atoms with van der Waals surface area (Å²) in [6.45, 7) is 4.58.